The Hall–Kier alpha value is -2.94. The normalized spacial score (nSPS) is 12.2. The minimum Gasteiger partial charge on any atom is -0.491 e. The van der Waals surface area contributed by atoms with E-state index < -0.39 is 23.8 Å². The molecule has 0 aliphatic heterocycles. The molecular formula is C22H25F3O6. The lowest BCUT2D eigenvalue weighted by atomic mass is 10.2. The van der Waals surface area contributed by atoms with E-state index in [-0.39, 0.29) is 19.8 Å². The van der Waals surface area contributed by atoms with Crippen molar-refractivity contribution in [2.45, 2.75) is 26.1 Å². The molecule has 31 heavy (non-hydrogen) atoms. The number of benzene rings is 2. The van der Waals surface area contributed by atoms with E-state index in [1.807, 2.05) is 13.8 Å². The maximum absolute atomic E-state index is 12.6. The summed E-state index contributed by atoms with van der Waals surface area (Å²) < 4.78 is 64.7. The lowest BCUT2D eigenvalue weighted by molar-refractivity contribution is -0.143. The van der Waals surface area contributed by atoms with Gasteiger partial charge in [0, 0.05) is 6.61 Å². The number of alkyl halides is 3. The van der Waals surface area contributed by atoms with Crippen LogP contribution in [0.3, 0.4) is 0 Å². The first-order valence-corrected chi connectivity index (χ1v) is 9.57. The van der Waals surface area contributed by atoms with Crippen LogP contribution in [0.5, 0.6) is 17.2 Å². The van der Waals surface area contributed by atoms with Crippen LogP contribution in [0.4, 0.5) is 13.2 Å². The first-order chi connectivity index (χ1) is 14.7. The summed E-state index contributed by atoms with van der Waals surface area (Å²) in [7, 11) is 1.28. The van der Waals surface area contributed by atoms with Gasteiger partial charge in [0.05, 0.1) is 12.7 Å². The second-order valence-electron chi connectivity index (χ2n) is 6.51. The van der Waals surface area contributed by atoms with Gasteiger partial charge in [0.15, 0.2) is 6.61 Å². The van der Waals surface area contributed by atoms with Crippen molar-refractivity contribution in [2.75, 3.05) is 33.5 Å². The largest absolute Gasteiger partial charge is 0.491 e. The van der Waals surface area contributed by atoms with Gasteiger partial charge in [-0.15, -0.1) is 0 Å². The van der Waals surface area contributed by atoms with Gasteiger partial charge in [0.2, 0.25) is 0 Å². The number of esters is 1. The highest BCUT2D eigenvalue weighted by atomic mass is 19.4. The van der Waals surface area contributed by atoms with Gasteiger partial charge in [-0.05, 0) is 61.9 Å². The molecule has 9 heteroatoms. The Labute approximate surface area is 178 Å². The molecule has 0 bridgehead atoms. The molecule has 0 heterocycles. The molecule has 170 valence electrons. The molecule has 2 rings (SSSR count). The number of ether oxygens (including phenoxy) is 5. The molecule has 0 saturated carbocycles. The molecule has 2 aromatic carbocycles. The summed E-state index contributed by atoms with van der Waals surface area (Å²) in [5.41, 5.74) is 0.0364. The number of hydrogen-bond donors (Lipinski definition) is 0. The number of carbonyl (C=O) groups is 1. The minimum absolute atomic E-state index is 0.110. The van der Waals surface area contributed by atoms with Crippen LogP contribution >= 0.6 is 0 Å². The summed E-state index contributed by atoms with van der Waals surface area (Å²) in [6.45, 7) is 4.15. The fourth-order valence-electron chi connectivity index (χ4n) is 2.57. The summed E-state index contributed by atoms with van der Waals surface area (Å²) in [6.07, 6.45) is -4.82. The zero-order valence-electron chi connectivity index (χ0n) is 17.5. The quantitative estimate of drug-likeness (QED) is 0.480. The van der Waals surface area contributed by atoms with Crippen LogP contribution in [0.25, 0.3) is 0 Å². The lowest BCUT2D eigenvalue weighted by Gasteiger charge is -2.19. The molecule has 0 aliphatic rings. The summed E-state index contributed by atoms with van der Waals surface area (Å²) in [6, 6.07) is 9.60. The van der Waals surface area contributed by atoms with Crippen LogP contribution in [0, 0.1) is 6.92 Å². The highest BCUT2D eigenvalue weighted by Gasteiger charge is 2.30. The molecule has 6 nitrogen and oxygen atoms in total. The van der Waals surface area contributed by atoms with Gasteiger partial charge in [-0.2, -0.15) is 13.2 Å². The fourth-order valence-corrected chi connectivity index (χ4v) is 2.57. The fraction of sp³-hybridized carbons (Fsp3) is 0.409. The highest BCUT2D eigenvalue weighted by molar-refractivity contribution is 5.70. The molecule has 1 atom stereocenters. The van der Waals surface area contributed by atoms with Crippen LogP contribution < -0.4 is 14.2 Å². The lowest BCUT2D eigenvalue weighted by Crippen LogP contribution is -2.28. The molecule has 0 fully saturated rings. The molecular weight excluding hydrogens is 417 g/mol. The zero-order valence-corrected chi connectivity index (χ0v) is 17.5. The first kappa shape index (κ1) is 24.3. The summed E-state index contributed by atoms with van der Waals surface area (Å²) in [5.74, 6) is 0.930. The average molecular weight is 442 g/mol. The Bertz CT molecular complexity index is 836. The number of hydrogen-bond acceptors (Lipinski definition) is 6. The Kier molecular flexibility index (Phi) is 8.99. The maximum Gasteiger partial charge on any atom is 0.416 e. The Balaban J connectivity index is 1.88. The third kappa shape index (κ3) is 8.01. The standard InChI is InChI=1S/C22H25F3O6/c1-4-28-19(12-29-17-7-5-16(6-8-17)22(23,24)25)13-30-18-9-10-20(15(2)11-18)31-14-21(26)27-3/h5-11,19H,4,12-14H2,1-3H3. The van der Waals surface area contributed by atoms with Crippen molar-refractivity contribution in [3.8, 4) is 17.2 Å². The SMILES string of the molecule is CCOC(COc1ccc(C(F)(F)F)cc1)COc1ccc(OCC(=O)OC)c(C)c1. The molecule has 1 unspecified atom stereocenters. The third-order valence-electron chi connectivity index (χ3n) is 4.18. The van der Waals surface area contributed by atoms with Crippen molar-refractivity contribution < 1.29 is 41.7 Å². The van der Waals surface area contributed by atoms with Crippen LogP contribution in [0.15, 0.2) is 42.5 Å². The van der Waals surface area contributed by atoms with Crippen molar-refractivity contribution in [1.29, 1.82) is 0 Å². The van der Waals surface area contributed by atoms with E-state index in [9.17, 15) is 18.0 Å². The number of halogens is 3. The number of methoxy groups -OCH3 is 1. The van der Waals surface area contributed by atoms with Crippen molar-refractivity contribution in [3.05, 3.63) is 53.6 Å². The summed E-state index contributed by atoms with van der Waals surface area (Å²) in [5, 5.41) is 0. The molecule has 0 saturated heterocycles. The van der Waals surface area contributed by atoms with Gasteiger partial charge in [0.25, 0.3) is 0 Å². The Morgan fingerprint density at radius 1 is 0.968 bits per heavy atom. The molecule has 0 aromatic heterocycles. The van der Waals surface area contributed by atoms with Crippen LogP contribution in [-0.2, 0) is 20.4 Å². The predicted molar refractivity (Wildman–Crippen MR) is 107 cm³/mol. The van der Waals surface area contributed by atoms with Crippen LogP contribution in [-0.4, -0.2) is 45.6 Å². The molecule has 0 radical (unpaired) electrons. The first-order valence-electron chi connectivity index (χ1n) is 9.57. The van der Waals surface area contributed by atoms with Crippen LogP contribution in [0.2, 0.25) is 0 Å². The summed E-state index contributed by atoms with van der Waals surface area (Å²) >= 11 is 0. The van der Waals surface area contributed by atoms with Gasteiger partial charge < -0.3 is 23.7 Å². The second kappa shape index (κ2) is 11.5. The van der Waals surface area contributed by atoms with Gasteiger partial charge in [-0.1, -0.05) is 0 Å². The minimum atomic E-state index is -4.39. The average Bonchev–Trinajstić information content (AvgIpc) is 2.74. The Morgan fingerprint density at radius 2 is 1.58 bits per heavy atom. The van der Waals surface area contributed by atoms with E-state index in [4.69, 9.17) is 18.9 Å². The maximum atomic E-state index is 12.6. The van der Waals surface area contributed by atoms with Crippen molar-refractivity contribution in [2.24, 2.45) is 0 Å². The van der Waals surface area contributed by atoms with E-state index in [0.29, 0.717) is 23.9 Å². The van der Waals surface area contributed by atoms with Crippen molar-refractivity contribution in [3.63, 3.8) is 0 Å². The van der Waals surface area contributed by atoms with Gasteiger partial charge in [-0.25, -0.2) is 4.79 Å². The second-order valence-corrected chi connectivity index (χ2v) is 6.51. The van der Waals surface area contributed by atoms with Gasteiger partial charge in [0.1, 0.15) is 36.6 Å². The third-order valence-corrected chi connectivity index (χ3v) is 4.18. The highest BCUT2D eigenvalue weighted by Crippen LogP contribution is 2.30. The topological polar surface area (TPSA) is 63.2 Å². The van der Waals surface area contributed by atoms with E-state index in [1.165, 1.54) is 19.2 Å². The molecule has 0 spiro atoms. The molecule has 0 amide bonds. The van der Waals surface area contributed by atoms with E-state index in [0.717, 1.165) is 17.7 Å². The smallest absolute Gasteiger partial charge is 0.416 e. The number of carbonyl (C=O) groups excluding carboxylic acids is 1. The van der Waals surface area contributed by atoms with Gasteiger partial charge >= 0.3 is 12.1 Å². The molecule has 0 N–H and O–H groups in total. The molecule has 2 aromatic rings. The number of aryl methyl sites for hydroxylation is 1. The van der Waals surface area contributed by atoms with Gasteiger partial charge in [-0.3, -0.25) is 0 Å². The number of rotatable bonds is 11. The van der Waals surface area contributed by atoms with Crippen molar-refractivity contribution >= 4 is 5.97 Å². The summed E-state index contributed by atoms with van der Waals surface area (Å²) in [4.78, 5) is 11.2. The van der Waals surface area contributed by atoms with Crippen molar-refractivity contribution in [1.82, 2.24) is 0 Å². The van der Waals surface area contributed by atoms with E-state index in [2.05, 4.69) is 4.74 Å². The van der Waals surface area contributed by atoms with E-state index >= 15 is 0 Å². The van der Waals surface area contributed by atoms with E-state index in [1.54, 1.807) is 18.2 Å². The van der Waals surface area contributed by atoms with Crippen LogP contribution in [0.1, 0.15) is 18.1 Å². The molecule has 0 aliphatic carbocycles. The zero-order chi connectivity index (χ0) is 22.9. The monoisotopic (exact) mass is 442 g/mol. The Morgan fingerprint density at radius 3 is 2.13 bits per heavy atom. The predicted octanol–water partition coefficient (Wildman–Crippen LogP) is 4.43.